The van der Waals surface area contributed by atoms with Crippen molar-refractivity contribution >= 4 is 53.2 Å². The minimum atomic E-state index is -1.09. The summed E-state index contributed by atoms with van der Waals surface area (Å²) in [6.07, 6.45) is 5.68. The highest BCUT2D eigenvalue weighted by molar-refractivity contribution is 6.12. The van der Waals surface area contributed by atoms with Crippen LogP contribution in [-0.4, -0.2) is 179 Å². The summed E-state index contributed by atoms with van der Waals surface area (Å²) in [5.41, 5.74) is 19.2. The number of aliphatic hydroxyl groups is 1. The van der Waals surface area contributed by atoms with Crippen LogP contribution in [-0.2, 0) is 43.2 Å². The first kappa shape index (κ1) is 73.9. The van der Waals surface area contributed by atoms with E-state index in [0.29, 0.717) is 19.4 Å². The van der Waals surface area contributed by atoms with Gasteiger partial charge >= 0.3 is 0 Å². The van der Waals surface area contributed by atoms with Crippen LogP contribution in [0, 0.1) is 35.5 Å². The van der Waals surface area contributed by atoms with Crippen LogP contribution < -0.4 is 22.5 Å². The Balaban J connectivity index is 0.000000152. The Morgan fingerprint density at radius 2 is 0.722 bits per heavy atom. The van der Waals surface area contributed by atoms with Crippen LogP contribution in [0.4, 0.5) is 0 Å². The largest absolute Gasteiger partial charge is 0.393 e. The molecule has 8 fully saturated rings. The van der Waals surface area contributed by atoms with E-state index < -0.39 is 64.3 Å². The van der Waals surface area contributed by atoms with Gasteiger partial charge in [0.15, 0.2) is 0 Å². The van der Waals surface area contributed by atoms with Crippen LogP contribution in [0.3, 0.4) is 0 Å². The van der Waals surface area contributed by atoms with Gasteiger partial charge in [0, 0.05) is 12.5 Å². The molecule has 4 aromatic rings. The molecule has 8 heterocycles. The number of carbonyl (C=O) groups is 9. The first-order chi connectivity index (χ1) is 45.9. The van der Waals surface area contributed by atoms with Gasteiger partial charge in [0.05, 0.1) is 54.3 Å². The maximum Gasteiger partial charge on any atom is 0.258 e. The molecule has 14 unspecified atom stereocenters. The molecule has 0 aromatic heterocycles. The third-order valence-corrected chi connectivity index (χ3v) is 22.5. The van der Waals surface area contributed by atoms with E-state index in [1.165, 1.54) is 19.6 Å². The van der Waals surface area contributed by atoms with Crippen molar-refractivity contribution in [3.8, 4) is 0 Å². The number of amides is 9. The van der Waals surface area contributed by atoms with Gasteiger partial charge in [0.1, 0.15) is 22.2 Å². The normalized spacial score (nSPS) is 28.5. The minimum absolute atomic E-state index is 0.00424. The molecule has 8 N–H and O–H groups in total. The Hall–Kier alpha value is -7.37. The molecule has 97 heavy (non-hydrogen) atoms. The second-order valence-corrected chi connectivity index (χ2v) is 29.6. The molecule has 8 aliphatic rings. The van der Waals surface area contributed by atoms with Crippen molar-refractivity contribution in [2.75, 3.05) is 40.3 Å². The smallest absolute Gasteiger partial charge is 0.258 e. The predicted molar refractivity (Wildman–Crippen MR) is 370 cm³/mol. The number of hydrogen-bond donors (Lipinski definition) is 5. The lowest BCUT2D eigenvalue weighted by atomic mass is 9.72. The first-order valence-electron chi connectivity index (χ1n) is 35.1. The summed E-state index contributed by atoms with van der Waals surface area (Å²) < 4.78 is 0. The van der Waals surface area contributed by atoms with Gasteiger partial charge in [-0.1, -0.05) is 191 Å². The molecule has 4 aromatic carbocycles. The summed E-state index contributed by atoms with van der Waals surface area (Å²) in [6.45, 7) is 23.5. The zero-order valence-corrected chi connectivity index (χ0v) is 59.1. The zero-order valence-electron chi connectivity index (χ0n) is 59.1. The fourth-order valence-electron chi connectivity index (χ4n) is 15.8. The number of β-lactam (4-membered cyclic amide) rings is 4. The Bertz CT molecular complexity index is 3400. The lowest BCUT2D eigenvalue weighted by molar-refractivity contribution is -0.187. The highest BCUT2D eigenvalue weighted by Crippen LogP contribution is 2.56. The van der Waals surface area contributed by atoms with Gasteiger partial charge in [-0.25, -0.2) is 0 Å². The van der Waals surface area contributed by atoms with E-state index >= 15 is 0 Å². The predicted octanol–water partition coefficient (Wildman–Crippen LogP) is 7.06. The summed E-state index contributed by atoms with van der Waals surface area (Å²) in [7, 11) is 3.99. The van der Waals surface area contributed by atoms with Gasteiger partial charge in [-0.2, -0.15) is 0 Å². The minimum Gasteiger partial charge on any atom is -0.393 e. The summed E-state index contributed by atoms with van der Waals surface area (Å²) in [5.74, 6) is -2.47. The van der Waals surface area contributed by atoms with Crippen molar-refractivity contribution in [2.45, 2.75) is 198 Å². The number of aliphatic hydroxyl groups excluding tert-OH is 1. The Kier molecular flexibility index (Phi) is 22.5. The number of benzene rings is 4. The molecular formula is C76H105N11O10. The first-order valence-corrected chi connectivity index (χ1v) is 35.1. The van der Waals surface area contributed by atoms with E-state index in [-0.39, 0.29) is 95.0 Å². The van der Waals surface area contributed by atoms with Crippen molar-refractivity contribution < 1.29 is 48.3 Å². The second kappa shape index (κ2) is 29.6. The Labute approximate surface area is 573 Å². The topological polar surface area (TPSA) is 287 Å². The SMILES string of the molecule is CC(C)C(C)C(=O)N1C(=O)C2(CCCN2C)C1c1ccccc1.CC(C)C(N)C(=O)N1C(=O)C2(CCCN2)C1c1ccccc1.CC(C)C(N)C(=O)N1C(=O)C2(CCCN2C(=O)C(C)C(C)O)C1c1ccccc1.CC(C)C(N)C(=O)N1C(=O)C2(CCCN2C)C1c1ccccc1. The van der Waals surface area contributed by atoms with E-state index in [1.54, 1.807) is 18.7 Å². The van der Waals surface area contributed by atoms with Crippen molar-refractivity contribution in [2.24, 2.45) is 52.7 Å². The van der Waals surface area contributed by atoms with Gasteiger partial charge in [-0.3, -0.25) is 72.6 Å². The molecule has 8 aliphatic heterocycles. The Morgan fingerprint density at radius 1 is 0.402 bits per heavy atom. The van der Waals surface area contributed by atoms with Crippen LogP contribution in [0.15, 0.2) is 121 Å². The van der Waals surface area contributed by atoms with Gasteiger partial charge in [-0.15, -0.1) is 0 Å². The summed E-state index contributed by atoms with van der Waals surface area (Å²) in [4.78, 5) is 128. The maximum absolute atomic E-state index is 13.4. The fraction of sp³-hybridized carbons (Fsp3) is 0.566. The van der Waals surface area contributed by atoms with Gasteiger partial charge in [-0.05, 0) is 138 Å². The van der Waals surface area contributed by atoms with Crippen LogP contribution in [0.2, 0.25) is 0 Å². The number of nitrogens with two attached hydrogens (primary N) is 3. The Morgan fingerprint density at radius 3 is 1.04 bits per heavy atom. The number of rotatable bonds is 14. The number of nitrogens with one attached hydrogen (secondary N) is 1. The molecule has 9 amide bonds. The van der Waals surface area contributed by atoms with Crippen molar-refractivity contribution in [3.05, 3.63) is 144 Å². The van der Waals surface area contributed by atoms with Crippen molar-refractivity contribution in [1.29, 1.82) is 0 Å². The van der Waals surface area contributed by atoms with Gasteiger partial charge < -0.3 is 32.5 Å². The molecular weight excluding hydrogens is 1230 g/mol. The van der Waals surface area contributed by atoms with Crippen molar-refractivity contribution in [3.63, 3.8) is 0 Å². The van der Waals surface area contributed by atoms with Crippen LogP contribution >= 0.6 is 0 Å². The quantitative estimate of drug-likeness (QED) is 0.0790. The average molecular weight is 1330 g/mol. The number of carbonyl (C=O) groups excluding carboxylic acids is 9. The number of hydrogen-bond acceptors (Lipinski definition) is 16. The average Bonchev–Trinajstić information content (AvgIpc) is 1.71. The third kappa shape index (κ3) is 12.7. The molecule has 0 radical (unpaired) electrons. The van der Waals surface area contributed by atoms with Crippen molar-refractivity contribution in [1.82, 2.24) is 39.6 Å². The lowest BCUT2D eigenvalue weighted by Gasteiger charge is -2.57. The van der Waals surface area contributed by atoms with Crippen LogP contribution in [0.1, 0.15) is 174 Å². The summed E-state index contributed by atoms with van der Waals surface area (Å²) in [5, 5.41) is 13.3. The van der Waals surface area contributed by atoms with Crippen LogP contribution in [0.5, 0.6) is 0 Å². The van der Waals surface area contributed by atoms with Crippen LogP contribution in [0.25, 0.3) is 0 Å². The molecule has 0 aliphatic carbocycles. The molecule has 8 saturated heterocycles. The second-order valence-electron chi connectivity index (χ2n) is 29.6. The number of likely N-dealkylation sites (tertiary alicyclic amines) is 7. The lowest BCUT2D eigenvalue weighted by Crippen LogP contribution is -2.77. The molecule has 12 rings (SSSR count). The summed E-state index contributed by atoms with van der Waals surface area (Å²) >= 11 is 0. The molecule has 21 nitrogen and oxygen atoms in total. The van der Waals surface area contributed by atoms with Gasteiger partial charge in [0.2, 0.25) is 29.5 Å². The van der Waals surface area contributed by atoms with E-state index in [0.717, 1.165) is 80.4 Å². The van der Waals surface area contributed by atoms with E-state index in [1.807, 2.05) is 198 Å². The molecule has 4 spiro atoms. The highest BCUT2D eigenvalue weighted by atomic mass is 16.3. The number of imide groups is 4. The fourth-order valence-corrected chi connectivity index (χ4v) is 15.8. The molecule has 14 atom stereocenters. The maximum atomic E-state index is 13.4. The number of likely N-dealkylation sites (N-methyl/N-ethyl adjacent to an activating group) is 2. The third-order valence-electron chi connectivity index (χ3n) is 22.5. The molecule has 21 heteroatoms. The van der Waals surface area contributed by atoms with E-state index in [9.17, 15) is 48.3 Å². The van der Waals surface area contributed by atoms with Gasteiger partial charge in [0.25, 0.3) is 23.6 Å². The standard InChI is InChI=1S/C22H31N3O4.C19H26N2O2.C18H25N3O2.C17H23N3O2/c1-13(2)17(23)20(28)25-18(16-9-6-5-7-10-16)22(21(25)29)11-8-12-24(22)19(27)14(3)15(4)26;1-13(2)14(3)17(22)21-16(15-9-6-5-7-10-15)19(18(21)23)11-8-12-20(19)4;1-12(2)14(19)16(22)21-15(13-8-5-4-6-9-13)18(17(21)23)10-7-11-20(18)3;1-11(2)13(18)15(21)20-14(12-7-4-3-5-8-12)17(16(20)22)9-6-10-19-17/h5-7,9-10,13-15,17-18,26H,8,11-12,23H2,1-4H3;5-7,9-10,13-14,16H,8,11-12H2,1-4H3;4-6,8-9,12,14-15H,7,10-11,19H2,1-3H3;3-5,7-8,11,13-14,19H,6,9-10,18H2,1-2H3. The van der Waals surface area contributed by atoms with E-state index in [2.05, 4.69) is 15.1 Å². The zero-order chi connectivity index (χ0) is 71.0. The monoisotopic (exact) mass is 1330 g/mol. The van der Waals surface area contributed by atoms with E-state index in [4.69, 9.17) is 17.2 Å². The molecule has 0 saturated carbocycles. The molecule has 0 bridgehead atoms. The highest BCUT2D eigenvalue weighted by Gasteiger charge is 2.71. The summed E-state index contributed by atoms with van der Waals surface area (Å²) in [6, 6.07) is 35.6. The number of nitrogens with zero attached hydrogens (tertiary/aromatic N) is 7. The molecule has 524 valence electrons.